The average Bonchev–Trinajstić information content (AvgIpc) is 2.73. The van der Waals surface area contributed by atoms with E-state index in [4.69, 9.17) is 11.6 Å². The molecule has 0 bridgehead atoms. The Kier molecular flexibility index (Phi) is 3.99. The van der Waals surface area contributed by atoms with Gasteiger partial charge in [0.2, 0.25) is 0 Å². The van der Waals surface area contributed by atoms with Crippen LogP contribution in [0.5, 0.6) is 0 Å². The number of nitrogens with one attached hydrogen (secondary N) is 2. The molecule has 2 aromatic rings. The van der Waals surface area contributed by atoms with Crippen LogP contribution < -0.4 is 5.56 Å². The molecule has 0 atom stereocenters. The number of aliphatic imine (C=N–C) groups is 1. The van der Waals surface area contributed by atoms with E-state index in [1.165, 1.54) is 0 Å². The number of benzene rings is 1. The van der Waals surface area contributed by atoms with Crippen molar-refractivity contribution in [1.29, 1.82) is 0 Å². The maximum atomic E-state index is 12.6. The lowest BCUT2D eigenvalue weighted by molar-refractivity contribution is -0.141. The third-order valence-electron chi connectivity index (χ3n) is 2.54. The zero-order valence-electron chi connectivity index (χ0n) is 9.96. The zero-order valence-corrected chi connectivity index (χ0v) is 10.7. The predicted molar refractivity (Wildman–Crippen MR) is 69.2 cm³/mol. The highest BCUT2D eigenvalue weighted by atomic mass is 35.5. The lowest BCUT2D eigenvalue weighted by Crippen LogP contribution is -2.12. The Bertz CT molecular complexity index is 688. The molecular weight excluding hydrogens is 295 g/mol. The third kappa shape index (κ3) is 3.11. The van der Waals surface area contributed by atoms with Crippen LogP contribution in [0.4, 0.5) is 13.2 Å². The fourth-order valence-electron chi connectivity index (χ4n) is 1.58. The number of aromatic nitrogens is 2. The van der Waals surface area contributed by atoms with Crippen LogP contribution in [0.1, 0.15) is 16.8 Å². The van der Waals surface area contributed by atoms with Gasteiger partial charge < -0.3 is 0 Å². The molecule has 1 aromatic carbocycles. The topological polar surface area (TPSA) is 61.0 Å². The van der Waals surface area contributed by atoms with Crippen LogP contribution in [-0.4, -0.2) is 16.4 Å². The molecule has 0 aliphatic heterocycles. The molecule has 0 fully saturated rings. The molecule has 8 heteroatoms. The smallest absolute Gasteiger partial charge is 0.293 e. The minimum absolute atomic E-state index is 0.0849. The monoisotopic (exact) mass is 303 g/mol. The van der Waals surface area contributed by atoms with Gasteiger partial charge in [-0.2, -0.15) is 13.2 Å². The van der Waals surface area contributed by atoms with Crippen molar-refractivity contribution in [3.8, 4) is 0 Å². The maximum Gasteiger partial charge on any atom is 0.433 e. The molecule has 20 heavy (non-hydrogen) atoms. The van der Waals surface area contributed by atoms with Crippen molar-refractivity contribution in [2.45, 2.75) is 12.7 Å². The van der Waals surface area contributed by atoms with E-state index in [2.05, 4.69) is 4.99 Å². The summed E-state index contributed by atoms with van der Waals surface area (Å²) in [6, 6.07) is 6.82. The first-order valence-electron chi connectivity index (χ1n) is 5.50. The van der Waals surface area contributed by atoms with E-state index in [-0.39, 0.29) is 6.54 Å². The van der Waals surface area contributed by atoms with Crippen LogP contribution in [-0.2, 0) is 12.7 Å². The molecule has 1 heterocycles. The predicted octanol–water partition coefficient (Wildman–Crippen LogP) is 2.99. The minimum atomic E-state index is -4.65. The Morgan fingerprint density at radius 1 is 1.25 bits per heavy atom. The van der Waals surface area contributed by atoms with Crippen LogP contribution in [0.15, 0.2) is 34.1 Å². The largest absolute Gasteiger partial charge is 0.433 e. The summed E-state index contributed by atoms with van der Waals surface area (Å²) in [5.41, 5.74) is -1.92. The van der Waals surface area contributed by atoms with Gasteiger partial charge in [-0.05, 0) is 11.6 Å². The highest BCUT2D eigenvalue weighted by molar-refractivity contribution is 6.31. The summed E-state index contributed by atoms with van der Waals surface area (Å²) in [4.78, 5) is 15.1. The summed E-state index contributed by atoms with van der Waals surface area (Å²) in [5.74, 6) is 0. The lowest BCUT2D eigenvalue weighted by atomic mass is 10.2. The number of alkyl halides is 3. The number of H-pyrrole nitrogens is 2. The summed E-state index contributed by atoms with van der Waals surface area (Å²) in [7, 11) is 0. The summed E-state index contributed by atoms with van der Waals surface area (Å²) < 4.78 is 37.8. The molecule has 0 saturated carbocycles. The van der Waals surface area contributed by atoms with Crippen molar-refractivity contribution in [3.05, 3.63) is 56.5 Å². The zero-order chi connectivity index (χ0) is 14.8. The molecule has 2 N–H and O–H groups in total. The van der Waals surface area contributed by atoms with Gasteiger partial charge in [0.05, 0.1) is 12.1 Å². The van der Waals surface area contributed by atoms with E-state index >= 15 is 0 Å². The van der Waals surface area contributed by atoms with E-state index in [0.29, 0.717) is 10.6 Å². The number of halogens is 4. The van der Waals surface area contributed by atoms with Crippen molar-refractivity contribution in [1.82, 2.24) is 10.2 Å². The van der Waals surface area contributed by atoms with Gasteiger partial charge in [-0.15, -0.1) is 0 Å². The molecule has 106 valence electrons. The maximum absolute atomic E-state index is 12.6. The van der Waals surface area contributed by atoms with Crippen molar-refractivity contribution in [2.24, 2.45) is 4.99 Å². The Morgan fingerprint density at radius 2 is 1.95 bits per heavy atom. The van der Waals surface area contributed by atoms with Crippen LogP contribution in [0, 0.1) is 0 Å². The van der Waals surface area contributed by atoms with E-state index in [0.717, 1.165) is 6.21 Å². The highest BCUT2D eigenvalue weighted by Gasteiger charge is 2.36. The number of aromatic amines is 2. The molecular formula is C12H9ClF3N3O. The van der Waals surface area contributed by atoms with E-state index < -0.39 is 23.0 Å². The standard InChI is InChI=1S/C12H9ClF3N3O/c13-9-4-2-1-3-7(9)5-17-6-8-10(12(14,15)16)18-19-11(8)20/h1-4,6H,5H2,(H2,18,19,20). The molecule has 0 amide bonds. The first kappa shape index (κ1) is 14.4. The van der Waals surface area contributed by atoms with Crippen LogP contribution in [0.3, 0.4) is 0 Å². The van der Waals surface area contributed by atoms with Crippen molar-refractivity contribution in [3.63, 3.8) is 0 Å². The quantitative estimate of drug-likeness (QED) is 0.841. The van der Waals surface area contributed by atoms with Gasteiger partial charge in [-0.25, -0.2) is 0 Å². The summed E-state index contributed by atoms with van der Waals surface area (Å²) >= 11 is 5.89. The Hall–Kier alpha value is -2.02. The van der Waals surface area contributed by atoms with Gasteiger partial charge >= 0.3 is 6.18 Å². The second-order valence-corrected chi connectivity index (χ2v) is 4.33. The Morgan fingerprint density at radius 3 is 2.60 bits per heavy atom. The van der Waals surface area contributed by atoms with E-state index in [1.807, 2.05) is 5.10 Å². The van der Waals surface area contributed by atoms with E-state index in [9.17, 15) is 18.0 Å². The van der Waals surface area contributed by atoms with Gasteiger partial charge in [0, 0.05) is 11.2 Å². The van der Waals surface area contributed by atoms with Crippen molar-refractivity contribution in [2.75, 3.05) is 0 Å². The molecule has 0 aliphatic rings. The second kappa shape index (κ2) is 5.54. The molecule has 0 saturated heterocycles. The van der Waals surface area contributed by atoms with Crippen molar-refractivity contribution < 1.29 is 13.2 Å². The number of nitrogens with zero attached hydrogens (tertiary/aromatic N) is 1. The Labute approximate surface area is 116 Å². The highest BCUT2D eigenvalue weighted by Crippen LogP contribution is 2.28. The van der Waals surface area contributed by atoms with Gasteiger partial charge in [-0.3, -0.25) is 20.0 Å². The molecule has 0 radical (unpaired) electrons. The first-order chi connectivity index (χ1) is 9.39. The Balaban J connectivity index is 2.23. The molecule has 1 aromatic heterocycles. The van der Waals surface area contributed by atoms with Crippen LogP contribution in [0.2, 0.25) is 5.02 Å². The summed E-state index contributed by atoms with van der Waals surface area (Å²) in [6.45, 7) is 0.0849. The first-order valence-corrected chi connectivity index (χ1v) is 5.88. The van der Waals surface area contributed by atoms with Gasteiger partial charge in [0.1, 0.15) is 0 Å². The van der Waals surface area contributed by atoms with E-state index in [1.54, 1.807) is 29.4 Å². The van der Waals surface area contributed by atoms with Crippen LogP contribution in [0.25, 0.3) is 0 Å². The SMILES string of the molecule is O=c1[nH][nH]c(C(F)(F)F)c1C=NCc1ccccc1Cl. The van der Waals surface area contributed by atoms with Crippen LogP contribution >= 0.6 is 11.6 Å². The van der Waals surface area contributed by atoms with Gasteiger partial charge in [0.15, 0.2) is 5.69 Å². The van der Waals surface area contributed by atoms with Gasteiger partial charge in [0.25, 0.3) is 5.56 Å². The normalized spacial score (nSPS) is 12.2. The second-order valence-electron chi connectivity index (χ2n) is 3.93. The fourth-order valence-corrected chi connectivity index (χ4v) is 1.77. The number of rotatable bonds is 3. The average molecular weight is 304 g/mol. The fraction of sp³-hybridized carbons (Fsp3) is 0.167. The number of hydrogen-bond donors (Lipinski definition) is 2. The molecule has 4 nitrogen and oxygen atoms in total. The summed E-state index contributed by atoms with van der Waals surface area (Å²) in [6.07, 6.45) is -3.76. The lowest BCUT2D eigenvalue weighted by Gasteiger charge is -2.03. The minimum Gasteiger partial charge on any atom is -0.293 e. The number of hydrogen-bond acceptors (Lipinski definition) is 2. The molecule has 0 spiro atoms. The third-order valence-corrected chi connectivity index (χ3v) is 2.91. The van der Waals surface area contributed by atoms with Crippen molar-refractivity contribution >= 4 is 17.8 Å². The molecule has 0 unspecified atom stereocenters. The van der Waals surface area contributed by atoms with Gasteiger partial charge in [-0.1, -0.05) is 29.8 Å². The molecule has 2 rings (SSSR count). The summed E-state index contributed by atoms with van der Waals surface area (Å²) in [5, 5.41) is 4.14. The molecule has 0 aliphatic carbocycles.